The van der Waals surface area contributed by atoms with Crippen LogP contribution in [0.5, 0.6) is 5.75 Å². The molecule has 1 aliphatic heterocycles. The number of anilines is 1. The van der Waals surface area contributed by atoms with E-state index in [4.69, 9.17) is 16.2 Å². The Labute approximate surface area is 148 Å². The summed E-state index contributed by atoms with van der Waals surface area (Å²) >= 11 is 0. The third kappa shape index (κ3) is 3.97. The van der Waals surface area contributed by atoms with E-state index in [0.717, 1.165) is 44.0 Å². The van der Waals surface area contributed by atoms with Crippen molar-refractivity contribution >= 4 is 17.6 Å². The average Bonchev–Trinajstić information content (AvgIpc) is 2.97. The number of morpholine rings is 1. The standard InChI is InChI=1S/C19H26N4O2/c1-13(12-23-6-8-25-9-7-23)16-11-22-19(21)15(16)10-17(20)14-4-2-3-5-18(14)24/h2-5,10-11,13,22,24H,6-9,12,20-21H2,1H3/b17-10-. The lowest BCUT2D eigenvalue weighted by atomic mass is 9.97. The summed E-state index contributed by atoms with van der Waals surface area (Å²) in [5, 5.41) is 10.00. The molecule has 1 aromatic heterocycles. The van der Waals surface area contributed by atoms with Crippen LogP contribution in [0.25, 0.3) is 11.8 Å². The molecule has 0 bridgehead atoms. The first-order valence-electron chi connectivity index (χ1n) is 8.58. The van der Waals surface area contributed by atoms with Gasteiger partial charge >= 0.3 is 0 Å². The molecule has 0 radical (unpaired) electrons. The Morgan fingerprint density at radius 3 is 2.80 bits per heavy atom. The van der Waals surface area contributed by atoms with Crippen molar-refractivity contribution in [3.05, 3.63) is 47.2 Å². The van der Waals surface area contributed by atoms with Gasteiger partial charge in [0.25, 0.3) is 0 Å². The van der Waals surface area contributed by atoms with Gasteiger partial charge in [0, 0.05) is 42.7 Å². The van der Waals surface area contributed by atoms with Gasteiger partial charge in [-0.15, -0.1) is 0 Å². The summed E-state index contributed by atoms with van der Waals surface area (Å²) < 4.78 is 5.41. The van der Waals surface area contributed by atoms with Crippen molar-refractivity contribution in [3.8, 4) is 5.75 Å². The maximum absolute atomic E-state index is 10.00. The number of H-pyrrole nitrogens is 1. The fourth-order valence-electron chi connectivity index (χ4n) is 3.26. The monoisotopic (exact) mass is 342 g/mol. The summed E-state index contributed by atoms with van der Waals surface area (Å²) in [6.07, 6.45) is 3.79. The molecular formula is C19H26N4O2. The lowest BCUT2D eigenvalue weighted by Crippen LogP contribution is -2.38. The number of aromatic hydroxyl groups is 1. The molecule has 2 heterocycles. The molecule has 1 atom stereocenters. The van der Waals surface area contributed by atoms with Crippen LogP contribution < -0.4 is 11.5 Å². The van der Waals surface area contributed by atoms with Gasteiger partial charge in [0.05, 0.1) is 13.2 Å². The van der Waals surface area contributed by atoms with E-state index < -0.39 is 0 Å². The number of benzene rings is 1. The van der Waals surface area contributed by atoms with Crippen molar-refractivity contribution in [3.63, 3.8) is 0 Å². The van der Waals surface area contributed by atoms with E-state index in [9.17, 15) is 5.11 Å². The van der Waals surface area contributed by atoms with Crippen LogP contribution in [0.3, 0.4) is 0 Å². The largest absolute Gasteiger partial charge is 0.507 e. The van der Waals surface area contributed by atoms with Crippen molar-refractivity contribution in [2.24, 2.45) is 5.73 Å². The second-order valence-electron chi connectivity index (χ2n) is 6.50. The van der Waals surface area contributed by atoms with Gasteiger partial charge in [0.2, 0.25) is 0 Å². The quantitative estimate of drug-likeness (QED) is 0.667. The summed E-state index contributed by atoms with van der Waals surface area (Å²) in [4.78, 5) is 5.50. The van der Waals surface area contributed by atoms with E-state index in [1.807, 2.05) is 18.3 Å². The number of rotatable bonds is 5. The van der Waals surface area contributed by atoms with Crippen molar-refractivity contribution in [2.45, 2.75) is 12.8 Å². The molecule has 2 aromatic rings. The number of nitrogens with two attached hydrogens (primary N) is 2. The van der Waals surface area contributed by atoms with E-state index in [-0.39, 0.29) is 5.75 Å². The summed E-state index contributed by atoms with van der Waals surface area (Å²) in [5.74, 6) is 1.05. The van der Waals surface area contributed by atoms with Crippen LogP contribution in [0, 0.1) is 0 Å². The zero-order valence-corrected chi connectivity index (χ0v) is 14.5. The third-order valence-corrected chi connectivity index (χ3v) is 4.67. The first-order valence-corrected chi connectivity index (χ1v) is 8.58. The first kappa shape index (κ1) is 17.4. The van der Waals surface area contributed by atoms with Gasteiger partial charge in [0.15, 0.2) is 0 Å². The van der Waals surface area contributed by atoms with Crippen LogP contribution in [0.15, 0.2) is 30.5 Å². The molecule has 1 unspecified atom stereocenters. The maximum atomic E-state index is 10.00. The highest BCUT2D eigenvalue weighted by Gasteiger charge is 2.19. The van der Waals surface area contributed by atoms with Crippen LogP contribution in [-0.2, 0) is 4.74 Å². The Morgan fingerprint density at radius 2 is 2.08 bits per heavy atom. The summed E-state index contributed by atoms with van der Waals surface area (Å²) in [7, 11) is 0. The number of para-hydroxylation sites is 1. The summed E-state index contributed by atoms with van der Waals surface area (Å²) in [6, 6.07) is 7.03. The van der Waals surface area contributed by atoms with Gasteiger partial charge in [-0.3, -0.25) is 4.90 Å². The number of hydrogen-bond donors (Lipinski definition) is 4. The molecule has 6 N–H and O–H groups in total. The van der Waals surface area contributed by atoms with E-state index in [1.165, 1.54) is 0 Å². The average molecular weight is 342 g/mol. The van der Waals surface area contributed by atoms with Crippen LogP contribution in [-0.4, -0.2) is 47.8 Å². The molecular weight excluding hydrogens is 316 g/mol. The summed E-state index contributed by atoms with van der Waals surface area (Å²) in [6.45, 7) is 6.61. The fourth-order valence-corrected chi connectivity index (χ4v) is 3.26. The second-order valence-corrected chi connectivity index (χ2v) is 6.50. The summed E-state index contributed by atoms with van der Waals surface area (Å²) in [5.41, 5.74) is 15.5. The van der Waals surface area contributed by atoms with E-state index in [0.29, 0.717) is 23.0 Å². The number of nitrogens with zero attached hydrogens (tertiary/aromatic N) is 1. The van der Waals surface area contributed by atoms with Gasteiger partial charge in [-0.2, -0.15) is 0 Å². The highest BCUT2D eigenvalue weighted by Crippen LogP contribution is 2.30. The van der Waals surface area contributed by atoms with Gasteiger partial charge in [-0.25, -0.2) is 0 Å². The highest BCUT2D eigenvalue weighted by atomic mass is 16.5. The van der Waals surface area contributed by atoms with Crippen LogP contribution in [0.4, 0.5) is 5.82 Å². The molecule has 6 heteroatoms. The lowest BCUT2D eigenvalue weighted by molar-refractivity contribution is 0.0357. The number of nitrogen functional groups attached to an aromatic ring is 1. The number of phenolic OH excluding ortho intramolecular Hbond substituents is 1. The van der Waals surface area contributed by atoms with E-state index >= 15 is 0 Å². The number of aromatic nitrogens is 1. The predicted molar refractivity (Wildman–Crippen MR) is 101 cm³/mol. The highest BCUT2D eigenvalue weighted by molar-refractivity contribution is 5.85. The fraction of sp³-hybridized carbons (Fsp3) is 0.368. The molecule has 134 valence electrons. The van der Waals surface area contributed by atoms with Gasteiger partial charge in [0.1, 0.15) is 11.6 Å². The molecule has 1 fully saturated rings. The van der Waals surface area contributed by atoms with Crippen molar-refractivity contribution < 1.29 is 9.84 Å². The topological polar surface area (TPSA) is 101 Å². The Balaban J connectivity index is 1.83. The zero-order chi connectivity index (χ0) is 17.8. The molecule has 3 rings (SSSR count). The van der Waals surface area contributed by atoms with Crippen LogP contribution >= 0.6 is 0 Å². The minimum absolute atomic E-state index is 0.160. The van der Waals surface area contributed by atoms with Crippen molar-refractivity contribution in [1.29, 1.82) is 0 Å². The Kier molecular flexibility index (Phi) is 5.31. The lowest BCUT2D eigenvalue weighted by Gasteiger charge is -2.29. The smallest absolute Gasteiger partial charge is 0.124 e. The molecule has 0 saturated carbocycles. The molecule has 0 spiro atoms. The third-order valence-electron chi connectivity index (χ3n) is 4.67. The minimum Gasteiger partial charge on any atom is -0.507 e. The first-order chi connectivity index (χ1) is 12.1. The zero-order valence-electron chi connectivity index (χ0n) is 14.5. The molecule has 1 saturated heterocycles. The molecule has 0 aliphatic carbocycles. The van der Waals surface area contributed by atoms with E-state index in [2.05, 4.69) is 16.8 Å². The molecule has 6 nitrogen and oxygen atoms in total. The molecule has 1 aliphatic rings. The predicted octanol–water partition coefficient (Wildman–Crippen LogP) is 2.19. The number of phenols is 1. The van der Waals surface area contributed by atoms with Gasteiger partial charge in [-0.1, -0.05) is 19.1 Å². The number of nitrogens with one attached hydrogen (secondary N) is 1. The Hall–Kier alpha value is -2.44. The van der Waals surface area contributed by atoms with Crippen molar-refractivity contribution in [1.82, 2.24) is 9.88 Å². The number of aromatic amines is 1. The van der Waals surface area contributed by atoms with Gasteiger partial charge < -0.3 is 26.3 Å². The van der Waals surface area contributed by atoms with Crippen LogP contribution in [0.1, 0.15) is 29.5 Å². The molecule has 1 aromatic carbocycles. The normalized spacial score (nSPS) is 17.6. The molecule has 25 heavy (non-hydrogen) atoms. The minimum atomic E-state index is 0.160. The van der Waals surface area contributed by atoms with Crippen molar-refractivity contribution in [2.75, 3.05) is 38.6 Å². The number of ether oxygens (including phenoxy) is 1. The maximum Gasteiger partial charge on any atom is 0.124 e. The Bertz CT molecular complexity index is 748. The number of hydrogen-bond acceptors (Lipinski definition) is 5. The van der Waals surface area contributed by atoms with Crippen LogP contribution in [0.2, 0.25) is 0 Å². The Morgan fingerprint density at radius 1 is 1.36 bits per heavy atom. The van der Waals surface area contributed by atoms with Gasteiger partial charge in [-0.05, 0) is 29.7 Å². The SMILES string of the molecule is CC(CN1CCOCC1)c1c[nH]c(N)c1/C=C(\N)c1ccccc1O. The molecule has 0 amide bonds. The second kappa shape index (κ2) is 7.63. The van der Waals surface area contributed by atoms with E-state index in [1.54, 1.807) is 18.2 Å².